The molecule has 0 saturated heterocycles. The van der Waals surface area contributed by atoms with Crippen LogP contribution in [0, 0.1) is 6.92 Å². The number of hydrogen-bond donors (Lipinski definition) is 1. The van der Waals surface area contributed by atoms with Gasteiger partial charge in [0.05, 0.1) is 5.69 Å². The number of hydrogen-bond acceptors (Lipinski definition) is 4. The molecule has 2 N–H and O–H groups in total. The average Bonchev–Trinajstić information content (AvgIpc) is 2.82. The molecule has 3 nitrogen and oxygen atoms in total. The standard InChI is InChI=1S/C14H17N3S/c1-9-8-16-6-5-11(9)14-17-13-10(7-15)3-2-4-12(13)18-14/h5-6,8,10H,2-4,7,15H2,1H3. The molecule has 18 heavy (non-hydrogen) atoms. The van der Waals surface area contributed by atoms with Crippen LogP contribution in [0.3, 0.4) is 0 Å². The summed E-state index contributed by atoms with van der Waals surface area (Å²) in [5, 5.41) is 1.13. The molecule has 3 rings (SSSR count). The molecule has 0 fully saturated rings. The van der Waals surface area contributed by atoms with Gasteiger partial charge in [-0.3, -0.25) is 4.98 Å². The van der Waals surface area contributed by atoms with Crippen LogP contribution in [0.4, 0.5) is 0 Å². The highest BCUT2D eigenvalue weighted by Crippen LogP contribution is 2.38. The molecular formula is C14H17N3S. The van der Waals surface area contributed by atoms with Crippen molar-refractivity contribution in [2.24, 2.45) is 5.73 Å². The van der Waals surface area contributed by atoms with E-state index in [0.717, 1.165) is 11.4 Å². The Morgan fingerprint density at radius 1 is 1.50 bits per heavy atom. The first-order valence-electron chi connectivity index (χ1n) is 6.40. The fraction of sp³-hybridized carbons (Fsp3) is 0.429. The zero-order valence-electron chi connectivity index (χ0n) is 10.5. The van der Waals surface area contributed by atoms with E-state index in [2.05, 4.69) is 18.0 Å². The van der Waals surface area contributed by atoms with E-state index >= 15 is 0 Å². The molecule has 0 spiro atoms. The first-order chi connectivity index (χ1) is 8.79. The quantitative estimate of drug-likeness (QED) is 0.902. The van der Waals surface area contributed by atoms with E-state index in [-0.39, 0.29) is 0 Å². The molecule has 1 aliphatic carbocycles. The van der Waals surface area contributed by atoms with E-state index in [9.17, 15) is 0 Å². The molecule has 1 aliphatic rings. The number of rotatable bonds is 2. The summed E-state index contributed by atoms with van der Waals surface area (Å²) < 4.78 is 0. The zero-order chi connectivity index (χ0) is 12.5. The van der Waals surface area contributed by atoms with Crippen molar-refractivity contribution in [3.8, 4) is 10.6 Å². The minimum atomic E-state index is 0.459. The molecule has 0 radical (unpaired) electrons. The van der Waals surface area contributed by atoms with Crippen LogP contribution in [-0.4, -0.2) is 16.5 Å². The predicted octanol–water partition coefficient (Wildman–Crippen LogP) is 2.89. The number of aryl methyl sites for hydroxylation is 2. The van der Waals surface area contributed by atoms with Crippen molar-refractivity contribution < 1.29 is 0 Å². The summed E-state index contributed by atoms with van der Waals surface area (Å²) in [7, 11) is 0. The Labute approximate surface area is 111 Å². The maximum atomic E-state index is 5.85. The van der Waals surface area contributed by atoms with Crippen LogP contribution in [-0.2, 0) is 6.42 Å². The fourth-order valence-corrected chi connectivity index (χ4v) is 3.85. The Hall–Kier alpha value is -1.26. The monoisotopic (exact) mass is 259 g/mol. The van der Waals surface area contributed by atoms with Crippen molar-refractivity contribution in [3.63, 3.8) is 0 Å². The first-order valence-corrected chi connectivity index (χ1v) is 7.22. The van der Waals surface area contributed by atoms with Gasteiger partial charge in [-0.2, -0.15) is 0 Å². The summed E-state index contributed by atoms with van der Waals surface area (Å²) in [6.45, 7) is 2.80. The van der Waals surface area contributed by atoms with Gasteiger partial charge in [0.2, 0.25) is 0 Å². The van der Waals surface area contributed by atoms with Crippen molar-refractivity contribution >= 4 is 11.3 Å². The average molecular weight is 259 g/mol. The Morgan fingerprint density at radius 2 is 2.39 bits per heavy atom. The van der Waals surface area contributed by atoms with Crippen molar-refractivity contribution in [1.29, 1.82) is 0 Å². The lowest BCUT2D eigenvalue weighted by atomic mass is 9.91. The van der Waals surface area contributed by atoms with E-state index in [0.29, 0.717) is 12.5 Å². The van der Waals surface area contributed by atoms with Crippen LogP contribution in [0.25, 0.3) is 10.6 Å². The van der Waals surface area contributed by atoms with Crippen LogP contribution < -0.4 is 5.73 Å². The molecule has 94 valence electrons. The van der Waals surface area contributed by atoms with E-state index in [1.54, 1.807) is 0 Å². The molecular weight excluding hydrogens is 242 g/mol. The van der Waals surface area contributed by atoms with Crippen molar-refractivity contribution in [2.45, 2.75) is 32.1 Å². The van der Waals surface area contributed by atoms with E-state index in [1.807, 2.05) is 23.7 Å². The van der Waals surface area contributed by atoms with Crippen molar-refractivity contribution in [3.05, 3.63) is 34.6 Å². The topological polar surface area (TPSA) is 51.8 Å². The molecule has 1 unspecified atom stereocenters. The maximum Gasteiger partial charge on any atom is 0.124 e. The third kappa shape index (κ3) is 1.95. The lowest BCUT2D eigenvalue weighted by molar-refractivity contribution is 0.554. The fourth-order valence-electron chi connectivity index (χ4n) is 2.57. The Bertz CT molecular complexity index is 562. The highest BCUT2D eigenvalue weighted by molar-refractivity contribution is 7.15. The van der Waals surface area contributed by atoms with Gasteiger partial charge in [0.25, 0.3) is 0 Å². The molecule has 0 amide bonds. The molecule has 2 aromatic heterocycles. The Kier molecular flexibility index (Phi) is 3.14. The first kappa shape index (κ1) is 11.8. The SMILES string of the molecule is Cc1cnccc1-c1nc2c(s1)CCCC2CN. The maximum absolute atomic E-state index is 5.85. The summed E-state index contributed by atoms with van der Waals surface area (Å²) in [6.07, 6.45) is 7.32. The summed E-state index contributed by atoms with van der Waals surface area (Å²) in [5.74, 6) is 0.459. The van der Waals surface area contributed by atoms with Gasteiger partial charge in [0, 0.05) is 35.3 Å². The highest BCUT2D eigenvalue weighted by Gasteiger charge is 2.24. The Morgan fingerprint density at radius 3 is 3.17 bits per heavy atom. The van der Waals surface area contributed by atoms with Gasteiger partial charge in [0.15, 0.2) is 0 Å². The predicted molar refractivity (Wildman–Crippen MR) is 74.8 cm³/mol. The zero-order valence-corrected chi connectivity index (χ0v) is 11.3. The molecule has 2 aromatic rings. The largest absolute Gasteiger partial charge is 0.330 e. The molecule has 0 bridgehead atoms. The normalized spacial score (nSPS) is 18.7. The van der Waals surface area contributed by atoms with Crippen molar-refractivity contribution in [1.82, 2.24) is 9.97 Å². The van der Waals surface area contributed by atoms with Crippen LogP contribution >= 0.6 is 11.3 Å². The van der Waals surface area contributed by atoms with E-state index in [1.165, 1.54) is 34.5 Å². The number of aromatic nitrogens is 2. The number of thiazole rings is 1. The number of pyridine rings is 1. The number of nitrogens with two attached hydrogens (primary N) is 1. The smallest absolute Gasteiger partial charge is 0.124 e. The summed E-state index contributed by atoms with van der Waals surface area (Å²) in [5.41, 5.74) is 9.50. The van der Waals surface area contributed by atoms with Crippen LogP contribution in [0.15, 0.2) is 18.5 Å². The second-order valence-electron chi connectivity index (χ2n) is 4.84. The summed E-state index contributed by atoms with van der Waals surface area (Å²) >= 11 is 1.83. The highest BCUT2D eigenvalue weighted by atomic mass is 32.1. The summed E-state index contributed by atoms with van der Waals surface area (Å²) in [6, 6.07) is 2.05. The van der Waals surface area contributed by atoms with Crippen LogP contribution in [0.1, 0.15) is 34.9 Å². The molecule has 2 heterocycles. The van der Waals surface area contributed by atoms with Gasteiger partial charge in [-0.1, -0.05) is 0 Å². The lowest BCUT2D eigenvalue weighted by Crippen LogP contribution is -2.17. The van der Waals surface area contributed by atoms with E-state index < -0.39 is 0 Å². The molecule has 0 aliphatic heterocycles. The Balaban J connectivity index is 2.05. The third-order valence-corrected chi connectivity index (χ3v) is 4.77. The lowest BCUT2D eigenvalue weighted by Gasteiger charge is -2.18. The van der Waals surface area contributed by atoms with Gasteiger partial charge in [0.1, 0.15) is 5.01 Å². The van der Waals surface area contributed by atoms with Gasteiger partial charge < -0.3 is 5.73 Å². The van der Waals surface area contributed by atoms with Gasteiger partial charge in [-0.25, -0.2) is 4.98 Å². The number of nitrogens with zero attached hydrogens (tertiary/aromatic N) is 2. The van der Waals surface area contributed by atoms with E-state index in [4.69, 9.17) is 10.7 Å². The van der Waals surface area contributed by atoms with Gasteiger partial charge in [-0.15, -0.1) is 11.3 Å². The minimum absolute atomic E-state index is 0.459. The molecule has 4 heteroatoms. The molecule has 1 atom stereocenters. The molecule has 0 saturated carbocycles. The molecule has 0 aromatic carbocycles. The number of fused-ring (bicyclic) bond motifs is 1. The van der Waals surface area contributed by atoms with Crippen LogP contribution in [0.2, 0.25) is 0 Å². The second kappa shape index (κ2) is 4.78. The van der Waals surface area contributed by atoms with Gasteiger partial charge >= 0.3 is 0 Å². The summed E-state index contributed by atoms with van der Waals surface area (Å²) in [4.78, 5) is 10.4. The minimum Gasteiger partial charge on any atom is -0.330 e. The van der Waals surface area contributed by atoms with Crippen molar-refractivity contribution in [2.75, 3.05) is 6.54 Å². The third-order valence-electron chi connectivity index (χ3n) is 3.61. The van der Waals surface area contributed by atoms with Gasteiger partial charge in [-0.05, 0) is 37.8 Å². The van der Waals surface area contributed by atoms with Crippen LogP contribution in [0.5, 0.6) is 0 Å². The second-order valence-corrected chi connectivity index (χ2v) is 5.93.